The first-order valence-corrected chi connectivity index (χ1v) is 10.2. The number of aromatic nitrogens is 2. The second-order valence-electron chi connectivity index (χ2n) is 6.36. The number of benzene rings is 2. The number of anilines is 1. The van der Waals surface area contributed by atoms with Crippen LogP contribution in [0.5, 0.6) is 0 Å². The molecule has 0 radical (unpaired) electrons. The monoisotopic (exact) mass is 420 g/mol. The smallest absolute Gasteiger partial charge is 0.260 e. The Morgan fingerprint density at radius 2 is 1.89 bits per heavy atom. The molecule has 0 aliphatic carbocycles. The first-order chi connectivity index (χ1) is 13.4. The molecule has 0 aliphatic heterocycles. The third-order valence-corrected chi connectivity index (χ3v) is 5.29. The molecular weight excluding hydrogens is 402 g/mol. The lowest BCUT2D eigenvalue weighted by Crippen LogP contribution is -2.14. The van der Waals surface area contributed by atoms with Crippen molar-refractivity contribution in [2.24, 2.45) is 5.92 Å². The maximum atomic E-state index is 14.1. The summed E-state index contributed by atoms with van der Waals surface area (Å²) in [7, 11) is 0. The van der Waals surface area contributed by atoms with Crippen molar-refractivity contribution in [1.29, 1.82) is 0 Å². The van der Waals surface area contributed by atoms with E-state index in [0.717, 1.165) is 22.8 Å². The molecule has 0 bridgehead atoms. The molecule has 0 aliphatic rings. The number of nitrogens with one attached hydrogen (secondary N) is 2. The van der Waals surface area contributed by atoms with E-state index in [-0.39, 0.29) is 16.5 Å². The van der Waals surface area contributed by atoms with Gasteiger partial charge in [-0.2, -0.15) is 0 Å². The van der Waals surface area contributed by atoms with E-state index in [0.29, 0.717) is 16.5 Å². The zero-order chi connectivity index (χ0) is 20.1. The maximum absolute atomic E-state index is 14.1. The van der Waals surface area contributed by atoms with E-state index in [1.54, 1.807) is 18.2 Å². The van der Waals surface area contributed by atoms with E-state index in [1.807, 2.05) is 0 Å². The number of carbonyl (C=O) groups excluding carboxylic acids is 1. The Morgan fingerprint density at radius 3 is 2.61 bits per heavy atom. The van der Waals surface area contributed by atoms with Crippen molar-refractivity contribution in [3.05, 3.63) is 59.7 Å². The zero-order valence-electron chi connectivity index (χ0n) is 15.2. The van der Waals surface area contributed by atoms with Crippen molar-refractivity contribution >= 4 is 34.3 Å². The number of nitrogens with zero attached hydrogens (tertiary/aromatic N) is 2. The van der Waals surface area contributed by atoms with Crippen LogP contribution in [0.1, 0.15) is 24.2 Å². The first kappa shape index (κ1) is 20.4. The standard InChI is InChI=1S/C19H18F2N4OS2/c1-11(2)10-22-28-14-7-8-16(21)15(9-14)17(26)23-19-25-24-18(27-19)12-3-5-13(20)6-4-12/h3-9,11,22H,10H2,1-2H3,(H,23,25,26). The molecule has 0 unspecified atom stereocenters. The molecule has 146 valence electrons. The molecule has 2 N–H and O–H groups in total. The van der Waals surface area contributed by atoms with Gasteiger partial charge < -0.3 is 0 Å². The van der Waals surface area contributed by atoms with Crippen LogP contribution in [0.2, 0.25) is 0 Å². The summed E-state index contributed by atoms with van der Waals surface area (Å²) in [5.41, 5.74) is 0.607. The van der Waals surface area contributed by atoms with E-state index in [4.69, 9.17) is 0 Å². The van der Waals surface area contributed by atoms with E-state index in [9.17, 15) is 13.6 Å². The zero-order valence-corrected chi connectivity index (χ0v) is 16.8. The van der Waals surface area contributed by atoms with Crippen molar-refractivity contribution in [2.75, 3.05) is 11.9 Å². The molecule has 0 atom stereocenters. The summed E-state index contributed by atoms with van der Waals surface area (Å²) in [6, 6.07) is 10.2. The topological polar surface area (TPSA) is 66.9 Å². The molecule has 1 amide bonds. The molecule has 9 heteroatoms. The number of amides is 1. The lowest BCUT2D eigenvalue weighted by atomic mass is 10.2. The normalized spacial score (nSPS) is 11.0. The molecule has 0 fully saturated rings. The van der Waals surface area contributed by atoms with Crippen molar-refractivity contribution < 1.29 is 13.6 Å². The van der Waals surface area contributed by atoms with Crippen LogP contribution >= 0.6 is 23.3 Å². The highest BCUT2D eigenvalue weighted by Gasteiger charge is 2.16. The summed E-state index contributed by atoms with van der Waals surface area (Å²) < 4.78 is 30.3. The molecule has 5 nitrogen and oxygen atoms in total. The molecule has 1 heterocycles. The van der Waals surface area contributed by atoms with Crippen LogP contribution in [0, 0.1) is 17.6 Å². The van der Waals surface area contributed by atoms with Crippen LogP contribution in [0.4, 0.5) is 13.9 Å². The van der Waals surface area contributed by atoms with Crippen molar-refractivity contribution in [3.8, 4) is 10.6 Å². The van der Waals surface area contributed by atoms with Crippen LogP contribution in [0.25, 0.3) is 10.6 Å². The fraction of sp³-hybridized carbons (Fsp3) is 0.211. The second-order valence-corrected chi connectivity index (χ2v) is 8.30. The van der Waals surface area contributed by atoms with E-state index < -0.39 is 11.7 Å². The van der Waals surface area contributed by atoms with E-state index in [2.05, 4.69) is 34.1 Å². The summed E-state index contributed by atoms with van der Waals surface area (Å²) in [5.74, 6) is -1.10. The molecule has 3 aromatic rings. The van der Waals surface area contributed by atoms with Gasteiger partial charge in [0.15, 0.2) is 0 Å². The maximum Gasteiger partial charge on any atom is 0.260 e. The van der Waals surface area contributed by atoms with Crippen LogP contribution in [0.15, 0.2) is 47.4 Å². The lowest BCUT2D eigenvalue weighted by Gasteiger charge is -2.08. The Balaban J connectivity index is 1.70. The highest BCUT2D eigenvalue weighted by atomic mass is 32.2. The Kier molecular flexibility index (Phi) is 6.71. The summed E-state index contributed by atoms with van der Waals surface area (Å²) in [6.45, 7) is 4.96. The Hall–Kier alpha value is -2.36. The summed E-state index contributed by atoms with van der Waals surface area (Å²) >= 11 is 2.47. The van der Waals surface area contributed by atoms with Gasteiger partial charge in [0.25, 0.3) is 5.91 Å². The lowest BCUT2D eigenvalue weighted by molar-refractivity contribution is 0.102. The van der Waals surface area contributed by atoms with Gasteiger partial charge in [0.2, 0.25) is 5.13 Å². The minimum atomic E-state index is -0.617. The molecule has 0 saturated carbocycles. The van der Waals surface area contributed by atoms with Gasteiger partial charge in [-0.15, -0.1) is 10.2 Å². The Bertz CT molecular complexity index is 961. The van der Waals surface area contributed by atoms with Gasteiger partial charge in [0, 0.05) is 17.0 Å². The van der Waals surface area contributed by atoms with Crippen LogP contribution < -0.4 is 10.0 Å². The quantitative estimate of drug-likeness (QED) is 0.527. The third-order valence-electron chi connectivity index (χ3n) is 3.60. The Labute approximate surface area is 169 Å². The van der Waals surface area contributed by atoms with Gasteiger partial charge in [0.1, 0.15) is 16.6 Å². The molecule has 2 aromatic carbocycles. The predicted octanol–water partition coefficient (Wildman–Crippen LogP) is 4.99. The molecule has 1 aromatic heterocycles. The number of rotatable bonds is 7. The number of halogens is 2. The van der Waals surface area contributed by atoms with Gasteiger partial charge in [-0.1, -0.05) is 25.2 Å². The van der Waals surface area contributed by atoms with Crippen LogP contribution in [0.3, 0.4) is 0 Å². The van der Waals surface area contributed by atoms with Gasteiger partial charge in [-0.05, 0) is 60.3 Å². The highest BCUT2D eigenvalue weighted by Crippen LogP contribution is 2.27. The summed E-state index contributed by atoms with van der Waals surface area (Å²) in [4.78, 5) is 13.2. The molecule has 3 rings (SSSR count). The molecule has 0 spiro atoms. The van der Waals surface area contributed by atoms with Gasteiger partial charge in [-0.3, -0.25) is 14.8 Å². The average Bonchev–Trinajstić information content (AvgIpc) is 3.11. The summed E-state index contributed by atoms with van der Waals surface area (Å²) in [5, 5.41) is 11.2. The number of hydrogen-bond acceptors (Lipinski definition) is 6. The van der Waals surface area contributed by atoms with Gasteiger partial charge in [0.05, 0.1) is 5.56 Å². The van der Waals surface area contributed by atoms with E-state index in [1.165, 1.54) is 36.2 Å². The highest BCUT2D eigenvalue weighted by molar-refractivity contribution is 7.97. The van der Waals surface area contributed by atoms with Crippen molar-refractivity contribution in [3.63, 3.8) is 0 Å². The van der Waals surface area contributed by atoms with Crippen molar-refractivity contribution in [2.45, 2.75) is 18.7 Å². The van der Waals surface area contributed by atoms with E-state index >= 15 is 0 Å². The first-order valence-electron chi connectivity index (χ1n) is 8.52. The molecule has 28 heavy (non-hydrogen) atoms. The number of hydrogen-bond donors (Lipinski definition) is 2. The minimum absolute atomic E-state index is 0.0742. The average molecular weight is 421 g/mol. The number of carbonyl (C=O) groups is 1. The SMILES string of the molecule is CC(C)CNSc1ccc(F)c(C(=O)Nc2nnc(-c3ccc(F)cc3)s2)c1. The molecular formula is C19H18F2N4OS2. The second kappa shape index (κ2) is 9.22. The predicted molar refractivity (Wildman–Crippen MR) is 108 cm³/mol. The largest absolute Gasteiger partial charge is 0.296 e. The molecule has 0 saturated heterocycles. The summed E-state index contributed by atoms with van der Waals surface area (Å²) in [6.07, 6.45) is 0. The minimum Gasteiger partial charge on any atom is -0.296 e. The van der Waals surface area contributed by atoms with Crippen molar-refractivity contribution in [1.82, 2.24) is 14.9 Å². The van der Waals surface area contributed by atoms with Crippen LogP contribution in [-0.2, 0) is 0 Å². The van der Waals surface area contributed by atoms with Gasteiger partial charge >= 0.3 is 0 Å². The fourth-order valence-electron chi connectivity index (χ4n) is 2.18. The van der Waals surface area contributed by atoms with Crippen LogP contribution in [-0.4, -0.2) is 22.6 Å². The Morgan fingerprint density at radius 1 is 1.14 bits per heavy atom. The third kappa shape index (κ3) is 5.34. The fourth-order valence-corrected chi connectivity index (χ4v) is 3.82. The van der Waals surface area contributed by atoms with Gasteiger partial charge in [-0.25, -0.2) is 8.78 Å².